The SMILES string of the molecule is CN=C(NCCS(=O)C(C)(C)C)NC1CCN(CC(C)C)CC1. The molecule has 0 radical (unpaired) electrons. The molecule has 23 heavy (non-hydrogen) atoms. The number of nitrogens with zero attached hydrogens (tertiary/aromatic N) is 2. The first kappa shape index (κ1) is 20.4. The quantitative estimate of drug-likeness (QED) is 0.570. The van der Waals surface area contributed by atoms with Gasteiger partial charge in [0, 0.05) is 60.6 Å². The second-order valence-electron chi connectivity index (χ2n) is 7.77. The van der Waals surface area contributed by atoms with Crippen molar-refractivity contribution in [3.05, 3.63) is 0 Å². The van der Waals surface area contributed by atoms with E-state index in [4.69, 9.17) is 0 Å². The number of likely N-dealkylation sites (tertiary alicyclic amines) is 1. The zero-order valence-electron chi connectivity index (χ0n) is 15.8. The monoisotopic (exact) mass is 344 g/mol. The minimum absolute atomic E-state index is 0.151. The van der Waals surface area contributed by atoms with Gasteiger partial charge in [0.15, 0.2) is 5.96 Å². The Labute approximate surface area is 145 Å². The molecule has 0 amide bonds. The van der Waals surface area contributed by atoms with Crippen LogP contribution < -0.4 is 10.6 Å². The molecule has 1 fully saturated rings. The second-order valence-corrected chi connectivity index (χ2v) is 10.1. The first-order chi connectivity index (χ1) is 10.7. The molecular weight excluding hydrogens is 308 g/mol. The molecule has 2 N–H and O–H groups in total. The summed E-state index contributed by atoms with van der Waals surface area (Å²) in [5.74, 6) is 2.22. The van der Waals surface area contributed by atoms with Gasteiger partial charge in [-0.15, -0.1) is 0 Å². The van der Waals surface area contributed by atoms with Crippen LogP contribution in [0.2, 0.25) is 0 Å². The van der Waals surface area contributed by atoms with Crippen LogP contribution in [0.15, 0.2) is 4.99 Å². The number of guanidine groups is 1. The van der Waals surface area contributed by atoms with Crippen LogP contribution in [0, 0.1) is 5.92 Å². The number of piperidine rings is 1. The van der Waals surface area contributed by atoms with E-state index in [1.807, 2.05) is 20.8 Å². The third-order valence-electron chi connectivity index (χ3n) is 4.04. The Kier molecular flexibility index (Phi) is 8.54. The Balaban J connectivity index is 2.29. The van der Waals surface area contributed by atoms with Gasteiger partial charge in [-0.05, 0) is 39.5 Å². The van der Waals surface area contributed by atoms with E-state index in [1.165, 1.54) is 6.54 Å². The van der Waals surface area contributed by atoms with Crippen LogP contribution in [-0.4, -0.2) is 64.8 Å². The average molecular weight is 345 g/mol. The lowest BCUT2D eigenvalue weighted by Crippen LogP contribution is -2.49. The van der Waals surface area contributed by atoms with Crippen LogP contribution in [0.5, 0.6) is 0 Å². The number of rotatable bonds is 6. The summed E-state index contributed by atoms with van der Waals surface area (Å²) in [7, 11) is 0.971. The van der Waals surface area contributed by atoms with Gasteiger partial charge in [0.25, 0.3) is 0 Å². The van der Waals surface area contributed by atoms with Crippen LogP contribution >= 0.6 is 0 Å². The van der Waals surface area contributed by atoms with Crippen molar-refractivity contribution in [2.45, 2.75) is 58.2 Å². The molecule has 6 heteroatoms. The van der Waals surface area contributed by atoms with Gasteiger partial charge in [0.05, 0.1) is 0 Å². The first-order valence-electron chi connectivity index (χ1n) is 8.80. The maximum Gasteiger partial charge on any atom is 0.191 e. The molecule has 1 atom stereocenters. The van der Waals surface area contributed by atoms with Gasteiger partial charge in [-0.2, -0.15) is 0 Å². The summed E-state index contributed by atoms with van der Waals surface area (Å²) in [6.07, 6.45) is 2.31. The molecule has 0 aliphatic carbocycles. The summed E-state index contributed by atoms with van der Waals surface area (Å²) in [6.45, 7) is 14.8. The fourth-order valence-corrected chi connectivity index (χ4v) is 3.63. The molecule has 1 unspecified atom stereocenters. The van der Waals surface area contributed by atoms with Crippen LogP contribution in [-0.2, 0) is 10.8 Å². The molecule has 0 aromatic carbocycles. The van der Waals surface area contributed by atoms with Gasteiger partial charge in [0.2, 0.25) is 0 Å². The highest BCUT2D eigenvalue weighted by molar-refractivity contribution is 7.86. The Hall–Kier alpha value is -0.620. The molecule has 1 rings (SSSR count). The number of hydrogen-bond acceptors (Lipinski definition) is 3. The van der Waals surface area contributed by atoms with Crippen molar-refractivity contribution in [3.8, 4) is 0 Å². The Morgan fingerprint density at radius 3 is 2.39 bits per heavy atom. The van der Waals surface area contributed by atoms with Crippen molar-refractivity contribution in [3.63, 3.8) is 0 Å². The zero-order chi connectivity index (χ0) is 17.5. The fourth-order valence-electron chi connectivity index (χ4n) is 2.73. The van der Waals surface area contributed by atoms with Crippen molar-refractivity contribution >= 4 is 16.8 Å². The number of hydrogen-bond donors (Lipinski definition) is 2. The molecule has 0 saturated carbocycles. The molecule has 1 heterocycles. The first-order valence-corrected chi connectivity index (χ1v) is 10.1. The van der Waals surface area contributed by atoms with E-state index < -0.39 is 10.8 Å². The highest BCUT2D eigenvalue weighted by Gasteiger charge is 2.21. The van der Waals surface area contributed by atoms with Crippen LogP contribution in [0.4, 0.5) is 0 Å². The zero-order valence-corrected chi connectivity index (χ0v) is 16.6. The summed E-state index contributed by atoms with van der Waals surface area (Å²) in [5.41, 5.74) is 0. The van der Waals surface area contributed by atoms with Crippen LogP contribution in [0.3, 0.4) is 0 Å². The van der Waals surface area contributed by atoms with Crippen molar-refractivity contribution in [2.75, 3.05) is 39.0 Å². The van der Waals surface area contributed by atoms with Crippen molar-refractivity contribution in [1.82, 2.24) is 15.5 Å². The molecule has 5 nitrogen and oxygen atoms in total. The van der Waals surface area contributed by atoms with Gasteiger partial charge < -0.3 is 15.5 Å². The Morgan fingerprint density at radius 2 is 1.91 bits per heavy atom. The maximum absolute atomic E-state index is 12.1. The van der Waals surface area contributed by atoms with Crippen molar-refractivity contribution < 1.29 is 4.21 Å². The molecule has 0 spiro atoms. The van der Waals surface area contributed by atoms with E-state index >= 15 is 0 Å². The molecule has 1 aliphatic heterocycles. The highest BCUT2D eigenvalue weighted by atomic mass is 32.2. The third-order valence-corrected chi connectivity index (χ3v) is 5.98. The van der Waals surface area contributed by atoms with Gasteiger partial charge >= 0.3 is 0 Å². The lowest BCUT2D eigenvalue weighted by molar-refractivity contribution is 0.187. The van der Waals surface area contributed by atoms with Crippen molar-refractivity contribution in [2.24, 2.45) is 10.9 Å². The van der Waals surface area contributed by atoms with E-state index in [1.54, 1.807) is 7.05 Å². The summed E-state index contributed by atoms with van der Waals surface area (Å²) < 4.78 is 11.9. The fraction of sp³-hybridized carbons (Fsp3) is 0.941. The molecule has 136 valence electrons. The molecule has 1 saturated heterocycles. The Bertz CT molecular complexity index is 396. The number of aliphatic imine (C=N–C) groups is 1. The summed E-state index contributed by atoms with van der Waals surface area (Å²) in [5, 5.41) is 6.80. The largest absolute Gasteiger partial charge is 0.355 e. The number of nitrogens with one attached hydrogen (secondary N) is 2. The van der Waals surface area contributed by atoms with Gasteiger partial charge in [0.1, 0.15) is 0 Å². The van der Waals surface area contributed by atoms with Gasteiger partial charge in [-0.1, -0.05) is 13.8 Å². The summed E-state index contributed by atoms with van der Waals surface area (Å²) in [4.78, 5) is 6.84. The molecular formula is C17H36N4OS. The molecule has 0 aromatic heterocycles. The predicted molar refractivity (Wildman–Crippen MR) is 102 cm³/mol. The smallest absolute Gasteiger partial charge is 0.191 e. The van der Waals surface area contributed by atoms with E-state index in [0.717, 1.165) is 37.8 Å². The standard InChI is InChI=1S/C17H36N4OS/c1-14(2)13-21-10-7-15(8-11-21)20-16(18-6)19-9-12-23(22)17(3,4)5/h14-15H,7-13H2,1-6H3,(H2,18,19,20). The minimum atomic E-state index is -0.825. The Morgan fingerprint density at radius 1 is 1.30 bits per heavy atom. The van der Waals surface area contributed by atoms with E-state index in [0.29, 0.717) is 18.3 Å². The lowest BCUT2D eigenvalue weighted by Gasteiger charge is -2.34. The van der Waals surface area contributed by atoms with Gasteiger partial charge in [-0.3, -0.25) is 9.20 Å². The van der Waals surface area contributed by atoms with Crippen LogP contribution in [0.25, 0.3) is 0 Å². The van der Waals surface area contributed by atoms with E-state index in [-0.39, 0.29) is 4.75 Å². The minimum Gasteiger partial charge on any atom is -0.355 e. The second kappa shape index (κ2) is 9.62. The van der Waals surface area contributed by atoms with E-state index in [9.17, 15) is 4.21 Å². The van der Waals surface area contributed by atoms with Gasteiger partial charge in [-0.25, -0.2) is 0 Å². The van der Waals surface area contributed by atoms with Crippen LogP contribution in [0.1, 0.15) is 47.5 Å². The molecule has 0 bridgehead atoms. The normalized spacial score (nSPS) is 19.9. The molecule has 1 aliphatic rings. The lowest BCUT2D eigenvalue weighted by atomic mass is 10.0. The third kappa shape index (κ3) is 8.15. The topological polar surface area (TPSA) is 56.7 Å². The average Bonchev–Trinajstić information content (AvgIpc) is 2.46. The maximum atomic E-state index is 12.1. The summed E-state index contributed by atoms with van der Waals surface area (Å²) in [6, 6.07) is 0.484. The van der Waals surface area contributed by atoms with E-state index in [2.05, 4.69) is 34.4 Å². The predicted octanol–water partition coefficient (Wildman–Crippen LogP) is 1.82. The van der Waals surface area contributed by atoms with Crippen molar-refractivity contribution in [1.29, 1.82) is 0 Å². The highest BCUT2D eigenvalue weighted by Crippen LogP contribution is 2.12. The summed E-state index contributed by atoms with van der Waals surface area (Å²) >= 11 is 0. The molecule has 0 aromatic rings.